The van der Waals surface area contributed by atoms with Gasteiger partial charge in [-0.25, -0.2) is 0 Å². The SMILES string of the molecule is CCCCCCCCCCCCCCCCCCNC(=O)[C@@H]1CSC(c2cccnc2)N1. The Kier molecular flexibility index (Phi) is 15.6. The van der Waals surface area contributed by atoms with E-state index in [4.69, 9.17) is 0 Å². The Balaban J connectivity index is 1.32. The lowest BCUT2D eigenvalue weighted by atomic mass is 10.0. The lowest BCUT2D eigenvalue weighted by molar-refractivity contribution is -0.122. The average Bonchev–Trinajstić information content (AvgIpc) is 3.32. The summed E-state index contributed by atoms with van der Waals surface area (Å²) in [6, 6.07) is 3.92. The van der Waals surface area contributed by atoms with E-state index in [-0.39, 0.29) is 17.3 Å². The normalized spacial score (nSPS) is 18.2. The van der Waals surface area contributed by atoms with Gasteiger partial charge in [0.1, 0.15) is 0 Å². The number of pyridine rings is 1. The van der Waals surface area contributed by atoms with Gasteiger partial charge in [0.15, 0.2) is 0 Å². The minimum atomic E-state index is -0.0914. The maximum Gasteiger partial charge on any atom is 0.238 e. The molecule has 1 fully saturated rings. The van der Waals surface area contributed by atoms with Gasteiger partial charge in [-0.2, -0.15) is 0 Å². The molecule has 0 radical (unpaired) electrons. The molecule has 1 aliphatic heterocycles. The summed E-state index contributed by atoms with van der Waals surface area (Å²) in [4.78, 5) is 16.6. The first-order valence-corrected chi connectivity index (χ1v) is 14.4. The highest BCUT2D eigenvalue weighted by atomic mass is 32.2. The molecular weight excluding hydrogens is 414 g/mol. The molecule has 5 heteroatoms. The molecule has 4 nitrogen and oxygen atoms in total. The molecule has 1 aliphatic rings. The van der Waals surface area contributed by atoms with Crippen LogP contribution >= 0.6 is 11.8 Å². The van der Waals surface area contributed by atoms with Crippen molar-refractivity contribution in [1.29, 1.82) is 0 Å². The van der Waals surface area contributed by atoms with E-state index in [0.29, 0.717) is 0 Å². The maximum absolute atomic E-state index is 12.4. The number of hydrogen-bond donors (Lipinski definition) is 2. The number of thioether (sulfide) groups is 1. The van der Waals surface area contributed by atoms with E-state index < -0.39 is 0 Å². The lowest BCUT2D eigenvalue weighted by Crippen LogP contribution is -2.42. The second-order valence-electron chi connectivity index (χ2n) is 9.31. The van der Waals surface area contributed by atoms with Crippen LogP contribution in [0.15, 0.2) is 24.5 Å². The molecule has 1 saturated heterocycles. The van der Waals surface area contributed by atoms with Crippen LogP contribution in [0.3, 0.4) is 0 Å². The number of carbonyl (C=O) groups excluding carboxylic acids is 1. The summed E-state index contributed by atoms with van der Waals surface area (Å²) in [5.41, 5.74) is 1.14. The van der Waals surface area contributed by atoms with Gasteiger partial charge in [-0.15, -0.1) is 11.8 Å². The zero-order valence-electron chi connectivity index (χ0n) is 20.5. The third kappa shape index (κ3) is 12.2. The first-order chi connectivity index (χ1) is 15.8. The predicted octanol–water partition coefficient (Wildman–Crippen LogP) is 7.16. The molecule has 1 unspecified atom stereocenters. The first-order valence-electron chi connectivity index (χ1n) is 13.4. The fourth-order valence-corrected chi connectivity index (χ4v) is 5.58. The van der Waals surface area contributed by atoms with Crippen molar-refractivity contribution in [3.63, 3.8) is 0 Å². The fraction of sp³-hybridized carbons (Fsp3) is 0.778. The Bertz CT molecular complexity index is 584. The third-order valence-electron chi connectivity index (χ3n) is 6.42. The maximum atomic E-state index is 12.4. The molecule has 2 heterocycles. The Hall–Kier alpha value is -1.07. The quantitative estimate of drug-likeness (QED) is 0.215. The highest BCUT2D eigenvalue weighted by molar-refractivity contribution is 7.99. The highest BCUT2D eigenvalue weighted by Crippen LogP contribution is 2.32. The van der Waals surface area contributed by atoms with Crippen LogP contribution in [0.5, 0.6) is 0 Å². The number of nitrogens with one attached hydrogen (secondary N) is 2. The van der Waals surface area contributed by atoms with Gasteiger partial charge in [0.2, 0.25) is 5.91 Å². The number of hydrogen-bond acceptors (Lipinski definition) is 4. The van der Waals surface area contributed by atoms with E-state index in [2.05, 4.69) is 28.6 Å². The summed E-state index contributed by atoms with van der Waals surface area (Å²) in [6.45, 7) is 3.09. The molecule has 1 aromatic rings. The van der Waals surface area contributed by atoms with Crippen molar-refractivity contribution < 1.29 is 4.79 Å². The largest absolute Gasteiger partial charge is 0.355 e. The minimum absolute atomic E-state index is 0.0914. The molecule has 0 spiro atoms. The summed E-state index contributed by atoms with van der Waals surface area (Å²) >= 11 is 1.79. The second-order valence-corrected chi connectivity index (χ2v) is 10.5. The second kappa shape index (κ2) is 18.4. The monoisotopic (exact) mass is 461 g/mol. The van der Waals surface area contributed by atoms with Crippen LogP contribution < -0.4 is 10.6 Å². The van der Waals surface area contributed by atoms with Gasteiger partial charge in [0.05, 0.1) is 11.4 Å². The van der Waals surface area contributed by atoms with Gasteiger partial charge < -0.3 is 5.32 Å². The Morgan fingerprint density at radius 2 is 1.50 bits per heavy atom. The zero-order valence-corrected chi connectivity index (χ0v) is 21.3. The Morgan fingerprint density at radius 3 is 2.03 bits per heavy atom. The first kappa shape index (κ1) is 27.2. The van der Waals surface area contributed by atoms with Crippen molar-refractivity contribution in [1.82, 2.24) is 15.6 Å². The molecule has 0 aromatic carbocycles. The molecule has 182 valence electrons. The van der Waals surface area contributed by atoms with E-state index in [1.54, 1.807) is 18.0 Å². The van der Waals surface area contributed by atoms with Crippen LogP contribution in [0, 0.1) is 0 Å². The lowest BCUT2D eigenvalue weighted by Gasteiger charge is -2.13. The summed E-state index contributed by atoms with van der Waals surface area (Å²) in [5.74, 6) is 0.967. The van der Waals surface area contributed by atoms with Crippen molar-refractivity contribution in [2.24, 2.45) is 0 Å². The molecule has 2 atom stereocenters. The average molecular weight is 462 g/mol. The molecule has 1 amide bonds. The smallest absolute Gasteiger partial charge is 0.238 e. The van der Waals surface area contributed by atoms with Gasteiger partial charge in [-0.1, -0.05) is 109 Å². The van der Waals surface area contributed by atoms with Crippen molar-refractivity contribution in [3.8, 4) is 0 Å². The van der Waals surface area contributed by atoms with Crippen molar-refractivity contribution in [2.45, 2.75) is 121 Å². The van der Waals surface area contributed by atoms with Gasteiger partial charge in [0.25, 0.3) is 0 Å². The predicted molar refractivity (Wildman–Crippen MR) is 139 cm³/mol. The van der Waals surface area contributed by atoms with Crippen LogP contribution in [-0.2, 0) is 4.79 Å². The molecule has 0 saturated carbocycles. The van der Waals surface area contributed by atoms with Crippen molar-refractivity contribution in [2.75, 3.05) is 12.3 Å². The van der Waals surface area contributed by atoms with Crippen LogP contribution in [0.25, 0.3) is 0 Å². The van der Waals surface area contributed by atoms with E-state index in [1.165, 1.54) is 96.3 Å². The summed E-state index contributed by atoms with van der Waals surface area (Å²) in [6.07, 6.45) is 25.7. The number of nitrogens with zero attached hydrogens (tertiary/aromatic N) is 1. The number of carbonyl (C=O) groups is 1. The summed E-state index contributed by atoms with van der Waals surface area (Å²) in [7, 11) is 0. The van der Waals surface area contributed by atoms with Crippen molar-refractivity contribution >= 4 is 17.7 Å². The molecule has 2 rings (SSSR count). The van der Waals surface area contributed by atoms with Gasteiger partial charge in [-0.3, -0.25) is 15.1 Å². The summed E-state index contributed by atoms with van der Waals surface area (Å²) < 4.78 is 0. The van der Waals surface area contributed by atoms with Gasteiger partial charge in [0, 0.05) is 24.7 Å². The molecular formula is C27H47N3OS. The number of amides is 1. The topological polar surface area (TPSA) is 54.0 Å². The van der Waals surface area contributed by atoms with Crippen LogP contribution in [0.1, 0.15) is 121 Å². The third-order valence-corrected chi connectivity index (χ3v) is 7.68. The van der Waals surface area contributed by atoms with Gasteiger partial charge in [-0.05, 0) is 18.1 Å². The molecule has 0 aliphatic carbocycles. The molecule has 1 aromatic heterocycles. The minimum Gasteiger partial charge on any atom is -0.355 e. The highest BCUT2D eigenvalue weighted by Gasteiger charge is 2.30. The van der Waals surface area contributed by atoms with E-state index in [0.717, 1.165) is 24.3 Å². The van der Waals surface area contributed by atoms with E-state index >= 15 is 0 Å². The Morgan fingerprint density at radius 1 is 0.938 bits per heavy atom. The van der Waals surface area contributed by atoms with E-state index in [1.807, 2.05) is 12.3 Å². The molecule has 32 heavy (non-hydrogen) atoms. The number of unbranched alkanes of at least 4 members (excludes halogenated alkanes) is 15. The van der Waals surface area contributed by atoms with Gasteiger partial charge >= 0.3 is 0 Å². The standard InChI is InChI=1S/C27H47N3OS/c1-2-3-4-5-6-7-8-9-10-11-12-13-14-15-16-17-21-29-26(31)25-23-32-27(30-25)24-19-18-20-28-22-24/h18-20,22,25,27,30H,2-17,21,23H2,1H3,(H,29,31)/t25-,27?/m0/s1. The van der Waals surface area contributed by atoms with Crippen molar-refractivity contribution in [3.05, 3.63) is 30.1 Å². The Labute approximate surface area is 201 Å². The molecule has 2 N–H and O–H groups in total. The van der Waals surface area contributed by atoms with Crippen LogP contribution in [0.4, 0.5) is 0 Å². The number of rotatable bonds is 19. The van der Waals surface area contributed by atoms with E-state index in [9.17, 15) is 4.79 Å². The fourth-order valence-electron chi connectivity index (χ4n) is 4.35. The zero-order chi connectivity index (χ0) is 22.7. The van der Waals surface area contributed by atoms with Crippen LogP contribution in [-0.4, -0.2) is 29.2 Å². The number of aromatic nitrogens is 1. The molecule has 0 bridgehead atoms. The summed E-state index contributed by atoms with van der Waals surface area (Å²) in [5, 5.41) is 6.72. The van der Waals surface area contributed by atoms with Crippen LogP contribution in [0.2, 0.25) is 0 Å².